The van der Waals surface area contributed by atoms with Gasteiger partial charge in [0.2, 0.25) is 5.82 Å². The molecule has 1 aromatic carbocycles. The maximum atomic E-state index is 13.1. The molecule has 0 atom stereocenters. The largest absolute Gasteiger partial charge is 0.361 e. The number of nitrogens with zero attached hydrogens (tertiary/aromatic N) is 1. The first-order chi connectivity index (χ1) is 8.77. The summed E-state index contributed by atoms with van der Waals surface area (Å²) in [6.07, 6.45) is 0.150. The molecule has 0 aliphatic rings. The highest BCUT2D eigenvalue weighted by Crippen LogP contribution is 2.21. The van der Waals surface area contributed by atoms with Crippen LogP contribution in [0.15, 0.2) is 5.10 Å². The number of halogens is 5. The Balaban J connectivity index is 3.12. The number of primary amides is 1. The number of hydrogen-bond donors (Lipinski definition) is 2. The Labute approximate surface area is 101 Å². The molecule has 10 heteroatoms. The van der Waals surface area contributed by atoms with E-state index < -0.39 is 46.5 Å². The van der Waals surface area contributed by atoms with E-state index in [9.17, 15) is 31.5 Å². The molecule has 0 bridgehead atoms. The van der Waals surface area contributed by atoms with E-state index in [1.165, 1.54) is 5.43 Å². The second-order valence-electron chi connectivity index (χ2n) is 3.05. The third kappa shape index (κ3) is 2.84. The van der Waals surface area contributed by atoms with Gasteiger partial charge < -0.3 is 5.73 Å². The molecule has 0 radical (unpaired) electrons. The molecule has 1 aromatic rings. The smallest absolute Gasteiger partial charge is 0.329 e. The zero-order valence-corrected chi connectivity index (χ0v) is 8.81. The summed E-state index contributed by atoms with van der Waals surface area (Å²) < 4.78 is 64.3. The van der Waals surface area contributed by atoms with Crippen molar-refractivity contribution in [2.75, 3.05) is 0 Å². The third-order valence-electron chi connectivity index (χ3n) is 1.83. The summed E-state index contributed by atoms with van der Waals surface area (Å²) in [4.78, 5) is 20.8. The fourth-order valence-electron chi connectivity index (χ4n) is 0.946. The number of nitrogens with two attached hydrogens (primary N) is 1. The summed E-state index contributed by atoms with van der Waals surface area (Å²) in [6.45, 7) is 0. The predicted octanol–water partition coefficient (Wildman–Crippen LogP) is 0.318. The second kappa shape index (κ2) is 5.42. The van der Waals surface area contributed by atoms with Gasteiger partial charge in [0.1, 0.15) is 0 Å². The highest BCUT2D eigenvalue weighted by molar-refractivity contribution is 6.34. The van der Waals surface area contributed by atoms with Gasteiger partial charge in [-0.2, -0.15) is 5.10 Å². The van der Waals surface area contributed by atoms with Gasteiger partial charge in [-0.05, 0) is 0 Å². The molecule has 0 aliphatic heterocycles. The van der Waals surface area contributed by atoms with Crippen LogP contribution in [0.4, 0.5) is 22.0 Å². The number of nitrogens with one attached hydrogen (secondary N) is 1. The van der Waals surface area contributed by atoms with Crippen LogP contribution in [0, 0.1) is 29.1 Å². The molecule has 0 fully saturated rings. The van der Waals surface area contributed by atoms with Crippen molar-refractivity contribution in [1.29, 1.82) is 0 Å². The lowest BCUT2D eigenvalue weighted by Crippen LogP contribution is -2.33. The minimum absolute atomic E-state index is 0.150. The number of hydrazone groups is 1. The van der Waals surface area contributed by atoms with E-state index >= 15 is 0 Å². The van der Waals surface area contributed by atoms with Gasteiger partial charge in [0.25, 0.3) is 0 Å². The average molecular weight is 281 g/mol. The van der Waals surface area contributed by atoms with Crippen molar-refractivity contribution in [3.05, 3.63) is 34.6 Å². The standard InChI is InChI=1S/C9H4F5N3O2/c10-3-2(1-16-17-9(19)8(15)18)4(11)6(13)7(14)5(3)12/h1H,(H2,15,18)(H,17,19)/b16-1+. The van der Waals surface area contributed by atoms with Crippen molar-refractivity contribution < 1.29 is 31.5 Å². The molecule has 0 aliphatic carbocycles. The number of hydrogen-bond acceptors (Lipinski definition) is 3. The summed E-state index contributed by atoms with van der Waals surface area (Å²) in [5.41, 5.74) is 4.55. The van der Waals surface area contributed by atoms with E-state index in [4.69, 9.17) is 0 Å². The third-order valence-corrected chi connectivity index (χ3v) is 1.83. The Kier molecular flexibility index (Phi) is 4.14. The summed E-state index contributed by atoms with van der Waals surface area (Å²) in [5.74, 6) is -13.8. The van der Waals surface area contributed by atoms with Gasteiger partial charge in [-0.25, -0.2) is 27.4 Å². The van der Waals surface area contributed by atoms with Gasteiger partial charge in [0, 0.05) is 0 Å². The van der Waals surface area contributed by atoms with Crippen LogP contribution in [-0.2, 0) is 9.59 Å². The molecule has 5 nitrogen and oxygen atoms in total. The van der Waals surface area contributed by atoms with Gasteiger partial charge in [0.05, 0.1) is 11.8 Å². The second-order valence-corrected chi connectivity index (χ2v) is 3.05. The Morgan fingerprint density at radius 3 is 1.79 bits per heavy atom. The maximum absolute atomic E-state index is 13.1. The monoisotopic (exact) mass is 281 g/mol. The molecule has 0 aromatic heterocycles. The normalized spacial score (nSPS) is 10.8. The molecule has 102 valence electrons. The van der Waals surface area contributed by atoms with Crippen molar-refractivity contribution in [2.45, 2.75) is 0 Å². The highest BCUT2D eigenvalue weighted by atomic mass is 19.2. The van der Waals surface area contributed by atoms with Crippen LogP contribution in [-0.4, -0.2) is 18.0 Å². The van der Waals surface area contributed by atoms with E-state index in [2.05, 4.69) is 10.8 Å². The lowest BCUT2D eigenvalue weighted by Gasteiger charge is -2.03. The van der Waals surface area contributed by atoms with Gasteiger partial charge in [0.15, 0.2) is 23.3 Å². The Bertz CT molecular complexity index is 559. The van der Waals surface area contributed by atoms with Crippen LogP contribution in [0.25, 0.3) is 0 Å². The zero-order chi connectivity index (χ0) is 14.7. The lowest BCUT2D eigenvalue weighted by atomic mass is 10.2. The van der Waals surface area contributed by atoms with E-state index in [0.717, 1.165) is 0 Å². The van der Waals surface area contributed by atoms with Crippen molar-refractivity contribution in [1.82, 2.24) is 5.43 Å². The molecular weight excluding hydrogens is 277 g/mol. The first-order valence-corrected chi connectivity index (χ1v) is 4.41. The lowest BCUT2D eigenvalue weighted by molar-refractivity contribution is -0.137. The SMILES string of the molecule is NC(=O)C(=O)N/N=C/c1c(F)c(F)c(F)c(F)c1F. The minimum atomic E-state index is -2.33. The molecule has 0 heterocycles. The summed E-state index contributed by atoms with van der Waals surface area (Å²) in [7, 11) is 0. The van der Waals surface area contributed by atoms with Gasteiger partial charge in [-0.1, -0.05) is 0 Å². The molecule has 19 heavy (non-hydrogen) atoms. The van der Waals surface area contributed by atoms with E-state index in [-0.39, 0.29) is 6.21 Å². The number of rotatable bonds is 2. The first-order valence-electron chi connectivity index (χ1n) is 4.41. The van der Waals surface area contributed by atoms with E-state index in [1.807, 2.05) is 0 Å². The Hall–Kier alpha value is -2.52. The van der Waals surface area contributed by atoms with Crippen LogP contribution < -0.4 is 11.2 Å². The van der Waals surface area contributed by atoms with Crippen LogP contribution in [0.3, 0.4) is 0 Å². The fraction of sp³-hybridized carbons (Fsp3) is 0. The minimum Gasteiger partial charge on any atom is -0.361 e. The Morgan fingerprint density at radius 2 is 1.37 bits per heavy atom. The van der Waals surface area contributed by atoms with Crippen molar-refractivity contribution in [2.24, 2.45) is 10.8 Å². The Morgan fingerprint density at radius 1 is 0.947 bits per heavy atom. The van der Waals surface area contributed by atoms with Crippen LogP contribution in [0.1, 0.15) is 5.56 Å². The molecule has 0 saturated heterocycles. The maximum Gasteiger partial charge on any atom is 0.329 e. The van der Waals surface area contributed by atoms with Crippen molar-refractivity contribution in [3.8, 4) is 0 Å². The zero-order valence-electron chi connectivity index (χ0n) is 8.81. The van der Waals surface area contributed by atoms with Crippen LogP contribution in [0.2, 0.25) is 0 Å². The molecule has 2 amide bonds. The fourth-order valence-corrected chi connectivity index (χ4v) is 0.946. The van der Waals surface area contributed by atoms with E-state index in [0.29, 0.717) is 0 Å². The number of carbonyl (C=O) groups is 2. The summed E-state index contributed by atoms with van der Waals surface area (Å²) >= 11 is 0. The molecule has 0 saturated carbocycles. The molecule has 3 N–H and O–H groups in total. The van der Waals surface area contributed by atoms with Crippen LogP contribution in [0.5, 0.6) is 0 Å². The van der Waals surface area contributed by atoms with Crippen molar-refractivity contribution >= 4 is 18.0 Å². The van der Waals surface area contributed by atoms with Crippen molar-refractivity contribution in [3.63, 3.8) is 0 Å². The van der Waals surface area contributed by atoms with Gasteiger partial charge in [-0.3, -0.25) is 9.59 Å². The van der Waals surface area contributed by atoms with Gasteiger partial charge >= 0.3 is 11.8 Å². The van der Waals surface area contributed by atoms with Gasteiger partial charge in [-0.15, -0.1) is 0 Å². The average Bonchev–Trinajstić information content (AvgIpc) is 2.37. The molecular formula is C9H4F5N3O2. The number of carbonyl (C=O) groups excluding carboxylic acids is 2. The molecule has 0 unspecified atom stereocenters. The van der Waals surface area contributed by atoms with Crippen LogP contribution >= 0.6 is 0 Å². The summed E-state index contributed by atoms with van der Waals surface area (Å²) in [5, 5.41) is 2.84. The first kappa shape index (κ1) is 14.5. The topological polar surface area (TPSA) is 84.5 Å². The number of amides is 2. The predicted molar refractivity (Wildman–Crippen MR) is 51.2 cm³/mol. The van der Waals surface area contributed by atoms with E-state index in [1.54, 1.807) is 0 Å². The number of benzene rings is 1. The highest BCUT2D eigenvalue weighted by Gasteiger charge is 2.24. The molecule has 1 rings (SSSR count). The molecule has 0 spiro atoms. The summed E-state index contributed by atoms with van der Waals surface area (Å²) in [6, 6.07) is 0. The quantitative estimate of drug-likeness (QED) is 0.204.